The molecule has 0 aliphatic carbocycles. The summed E-state index contributed by atoms with van der Waals surface area (Å²) in [5, 5.41) is 19.0. The third-order valence-electron chi connectivity index (χ3n) is 4.59. The number of nitrogens with zero attached hydrogens (tertiary/aromatic N) is 1. The highest BCUT2D eigenvalue weighted by Crippen LogP contribution is 2.39. The largest absolute Gasteiger partial charge is 0.508 e. The number of phenols is 1. The van der Waals surface area contributed by atoms with Crippen molar-refractivity contribution in [2.75, 3.05) is 7.05 Å². The van der Waals surface area contributed by atoms with Crippen LogP contribution in [-0.4, -0.2) is 40.1 Å². The van der Waals surface area contributed by atoms with E-state index in [2.05, 4.69) is 31.9 Å². The van der Waals surface area contributed by atoms with Gasteiger partial charge in [0.25, 0.3) is 0 Å². The molecule has 2 aromatic carbocycles. The molecule has 0 aromatic heterocycles. The second kappa shape index (κ2) is 9.63. The van der Waals surface area contributed by atoms with Crippen molar-refractivity contribution in [1.82, 2.24) is 4.90 Å². The van der Waals surface area contributed by atoms with Gasteiger partial charge in [-0.3, -0.25) is 4.79 Å². The fourth-order valence-electron chi connectivity index (χ4n) is 2.67. The molecular formula is C21H23Br2NO5. The highest BCUT2D eigenvalue weighted by atomic mass is 79.9. The lowest BCUT2D eigenvalue weighted by Gasteiger charge is -2.21. The molecule has 8 heteroatoms. The Hall–Kier alpha value is -2.06. The van der Waals surface area contributed by atoms with Crippen LogP contribution < -0.4 is 4.74 Å². The number of aromatic hydroxyl groups is 1. The number of likely N-dealkylation sites (N-methyl/N-ethyl adjacent to an activating group) is 1. The smallest absolute Gasteiger partial charge is 0.326 e. The molecule has 0 aliphatic heterocycles. The van der Waals surface area contributed by atoms with Crippen LogP contribution in [0.4, 0.5) is 0 Å². The molecule has 0 spiro atoms. The number of ether oxygens (including phenoxy) is 1. The summed E-state index contributed by atoms with van der Waals surface area (Å²) in [5.41, 5.74) is 1.49. The summed E-state index contributed by atoms with van der Waals surface area (Å²) < 4.78 is 7.27. The summed E-state index contributed by atoms with van der Waals surface area (Å²) in [4.78, 5) is 24.6. The van der Waals surface area contributed by atoms with Gasteiger partial charge in [0.15, 0.2) is 5.75 Å². The van der Waals surface area contributed by atoms with E-state index in [4.69, 9.17) is 9.84 Å². The molecule has 156 valence electrons. The Labute approximate surface area is 186 Å². The maximum Gasteiger partial charge on any atom is 0.326 e. The van der Waals surface area contributed by atoms with Crippen LogP contribution in [0.5, 0.6) is 17.2 Å². The Morgan fingerprint density at radius 3 is 2.21 bits per heavy atom. The molecule has 0 bridgehead atoms. The van der Waals surface area contributed by atoms with Gasteiger partial charge in [0.1, 0.15) is 17.5 Å². The molecule has 1 amide bonds. The Morgan fingerprint density at radius 2 is 1.69 bits per heavy atom. The van der Waals surface area contributed by atoms with Crippen molar-refractivity contribution in [2.45, 2.75) is 39.2 Å². The van der Waals surface area contributed by atoms with Gasteiger partial charge >= 0.3 is 5.97 Å². The number of carbonyl (C=O) groups excluding carboxylic acids is 1. The third kappa shape index (κ3) is 5.73. The van der Waals surface area contributed by atoms with Crippen molar-refractivity contribution in [3.05, 3.63) is 50.4 Å². The summed E-state index contributed by atoms with van der Waals surface area (Å²) in [7, 11) is 1.47. The lowest BCUT2D eigenvalue weighted by Crippen LogP contribution is -2.41. The van der Waals surface area contributed by atoms with Gasteiger partial charge in [0.2, 0.25) is 5.91 Å². The Kier molecular flexibility index (Phi) is 7.71. The average Bonchev–Trinajstić information content (AvgIpc) is 2.64. The highest BCUT2D eigenvalue weighted by molar-refractivity contribution is 9.11. The number of hydrogen-bond donors (Lipinski definition) is 2. The minimum absolute atomic E-state index is 0.0578. The number of rotatable bonds is 7. The van der Waals surface area contributed by atoms with Gasteiger partial charge in [-0.15, -0.1) is 0 Å². The van der Waals surface area contributed by atoms with Crippen molar-refractivity contribution >= 4 is 43.7 Å². The van der Waals surface area contributed by atoms with E-state index in [0.717, 1.165) is 5.56 Å². The number of benzene rings is 2. The standard InChI is InChI=1S/C21H23Br2NO5/c1-11(2)15-10-14(5-6-18(15)25)29-20-16(22)7-13(8-17(20)23)9-19(26)24(4)12(3)21(27)28/h5-8,10-12,25H,9H2,1-4H3,(H,27,28). The number of hydrogen-bond acceptors (Lipinski definition) is 4. The van der Waals surface area contributed by atoms with Crippen molar-refractivity contribution in [3.63, 3.8) is 0 Å². The van der Waals surface area contributed by atoms with Gasteiger partial charge in [-0.25, -0.2) is 4.79 Å². The van der Waals surface area contributed by atoms with E-state index in [9.17, 15) is 14.7 Å². The van der Waals surface area contributed by atoms with Crippen LogP contribution in [0.2, 0.25) is 0 Å². The Balaban J connectivity index is 2.23. The van der Waals surface area contributed by atoms with Crippen molar-refractivity contribution < 1.29 is 24.5 Å². The maximum atomic E-state index is 12.4. The Bertz CT molecular complexity index is 906. The summed E-state index contributed by atoms with van der Waals surface area (Å²) in [6, 6.07) is 7.70. The number of halogens is 2. The SMILES string of the molecule is CC(C)c1cc(Oc2c(Br)cc(CC(=O)N(C)C(C)C(=O)O)cc2Br)ccc1O. The van der Waals surface area contributed by atoms with Gasteiger partial charge in [-0.05, 0) is 80.6 Å². The topological polar surface area (TPSA) is 87.1 Å². The summed E-state index contributed by atoms with van der Waals surface area (Å²) in [6.07, 6.45) is 0.0578. The minimum atomic E-state index is -1.05. The van der Waals surface area contributed by atoms with Gasteiger partial charge in [-0.2, -0.15) is 0 Å². The van der Waals surface area contributed by atoms with Crippen LogP contribution in [0, 0.1) is 0 Å². The van der Waals surface area contributed by atoms with Crippen molar-refractivity contribution in [2.24, 2.45) is 0 Å². The quantitative estimate of drug-likeness (QED) is 0.508. The maximum absolute atomic E-state index is 12.4. The van der Waals surface area contributed by atoms with E-state index >= 15 is 0 Å². The average molecular weight is 529 g/mol. The molecule has 0 radical (unpaired) electrons. The Morgan fingerprint density at radius 1 is 1.10 bits per heavy atom. The van der Waals surface area contributed by atoms with E-state index in [-0.39, 0.29) is 24.0 Å². The summed E-state index contributed by atoms with van der Waals surface area (Å²) in [6.45, 7) is 5.43. The zero-order chi connectivity index (χ0) is 21.9. The molecule has 6 nitrogen and oxygen atoms in total. The molecule has 1 atom stereocenters. The van der Waals surface area contributed by atoms with E-state index in [1.165, 1.54) is 18.9 Å². The molecule has 1 unspecified atom stereocenters. The predicted molar refractivity (Wildman–Crippen MR) is 118 cm³/mol. The lowest BCUT2D eigenvalue weighted by molar-refractivity contribution is -0.148. The van der Waals surface area contributed by atoms with Gasteiger partial charge in [0, 0.05) is 12.6 Å². The van der Waals surface area contributed by atoms with E-state index in [1.807, 2.05) is 13.8 Å². The molecular weight excluding hydrogens is 506 g/mol. The molecule has 0 heterocycles. The second-order valence-corrected chi connectivity index (χ2v) is 8.77. The van der Waals surface area contributed by atoms with Crippen molar-refractivity contribution in [1.29, 1.82) is 0 Å². The number of aliphatic carboxylic acids is 1. The number of carbonyl (C=O) groups is 2. The third-order valence-corrected chi connectivity index (χ3v) is 5.76. The fraction of sp³-hybridized carbons (Fsp3) is 0.333. The first kappa shape index (κ1) is 23.2. The van der Waals surface area contributed by atoms with Crippen molar-refractivity contribution in [3.8, 4) is 17.2 Å². The molecule has 29 heavy (non-hydrogen) atoms. The lowest BCUT2D eigenvalue weighted by atomic mass is 10.0. The molecule has 2 rings (SSSR count). The predicted octanol–water partition coefficient (Wildman–Crippen LogP) is 5.31. The van der Waals surface area contributed by atoms with Gasteiger partial charge in [-0.1, -0.05) is 13.8 Å². The normalized spacial score (nSPS) is 12.0. The molecule has 2 aromatic rings. The number of carboxylic acid groups (broad SMARTS) is 1. The van der Waals surface area contributed by atoms with Gasteiger partial charge < -0.3 is 19.8 Å². The highest BCUT2D eigenvalue weighted by Gasteiger charge is 2.22. The zero-order valence-electron chi connectivity index (χ0n) is 16.6. The first-order valence-corrected chi connectivity index (χ1v) is 10.6. The van der Waals surface area contributed by atoms with E-state index in [1.54, 1.807) is 30.3 Å². The van der Waals surface area contributed by atoms with Crippen LogP contribution in [0.15, 0.2) is 39.3 Å². The molecule has 0 fully saturated rings. The molecule has 2 N–H and O–H groups in total. The molecule has 0 saturated carbocycles. The monoisotopic (exact) mass is 527 g/mol. The van der Waals surface area contributed by atoms with Crippen LogP contribution in [-0.2, 0) is 16.0 Å². The summed E-state index contributed by atoms with van der Waals surface area (Å²) in [5.74, 6) is 0.123. The number of amides is 1. The number of phenolic OH excluding ortho intramolecular Hbond substituents is 1. The fourth-order valence-corrected chi connectivity index (χ4v) is 4.11. The van der Waals surface area contributed by atoms with E-state index in [0.29, 0.717) is 26.0 Å². The van der Waals surface area contributed by atoms with E-state index < -0.39 is 12.0 Å². The summed E-state index contributed by atoms with van der Waals surface area (Å²) >= 11 is 6.95. The van der Waals surface area contributed by atoms with Crippen LogP contribution in [0.3, 0.4) is 0 Å². The minimum Gasteiger partial charge on any atom is -0.508 e. The first-order chi connectivity index (χ1) is 13.5. The van der Waals surface area contributed by atoms with Gasteiger partial charge in [0.05, 0.1) is 15.4 Å². The zero-order valence-corrected chi connectivity index (χ0v) is 19.7. The van der Waals surface area contributed by atoms with Crippen LogP contribution >= 0.6 is 31.9 Å². The second-order valence-electron chi connectivity index (χ2n) is 7.06. The number of carboxylic acids is 1. The molecule has 0 saturated heterocycles. The molecule has 0 aliphatic rings. The van der Waals surface area contributed by atoms with Crippen LogP contribution in [0.1, 0.15) is 37.8 Å². The van der Waals surface area contributed by atoms with Crippen LogP contribution in [0.25, 0.3) is 0 Å². The first-order valence-electron chi connectivity index (χ1n) is 8.98.